The normalized spacial score (nSPS) is 10.4. The van der Waals surface area contributed by atoms with Crippen LogP contribution in [0.1, 0.15) is 18.1 Å². The predicted octanol–water partition coefficient (Wildman–Crippen LogP) is 2.07. The predicted molar refractivity (Wildman–Crippen MR) is 83.5 cm³/mol. The Balaban J connectivity index is 2.76. The average molecular weight is 290 g/mol. The van der Waals surface area contributed by atoms with Gasteiger partial charge in [-0.1, -0.05) is 31.2 Å². The number of hydrogen-bond donors (Lipinski definition) is 2. The zero-order valence-electron chi connectivity index (χ0n) is 12.6. The van der Waals surface area contributed by atoms with Crippen molar-refractivity contribution in [3.05, 3.63) is 42.0 Å². The third-order valence-electron chi connectivity index (χ3n) is 3.12. The van der Waals surface area contributed by atoms with E-state index in [1.165, 1.54) is 4.90 Å². The number of anilines is 1. The van der Waals surface area contributed by atoms with E-state index >= 15 is 0 Å². The third kappa shape index (κ3) is 5.39. The van der Waals surface area contributed by atoms with Crippen LogP contribution in [0.25, 0.3) is 0 Å². The number of carboxylic acids is 1. The number of rotatable bonds is 8. The maximum atomic E-state index is 12.1. The lowest BCUT2D eigenvalue weighted by atomic mass is 10.1. The highest BCUT2D eigenvalue weighted by molar-refractivity contribution is 5.94. The Morgan fingerprint density at radius 1 is 1.38 bits per heavy atom. The van der Waals surface area contributed by atoms with Crippen molar-refractivity contribution in [2.45, 2.75) is 20.3 Å². The number of benzene rings is 1. The van der Waals surface area contributed by atoms with Gasteiger partial charge >= 0.3 is 5.97 Å². The highest BCUT2D eigenvalue weighted by Gasteiger charge is 2.14. The van der Waals surface area contributed by atoms with E-state index in [0.717, 1.165) is 23.2 Å². The standard InChI is InChI=1S/C16H22N2O3/c1-4-9-18(11-15(20)21)10-14(19)17-16-12(3)7-6-8-13(16)5-2/h4,6-8H,1,5,9-11H2,2-3H3,(H,17,19)(H,20,21). The van der Waals surface area contributed by atoms with E-state index in [-0.39, 0.29) is 19.0 Å². The highest BCUT2D eigenvalue weighted by atomic mass is 16.4. The molecule has 0 aliphatic carbocycles. The molecule has 0 aliphatic rings. The zero-order valence-corrected chi connectivity index (χ0v) is 12.6. The van der Waals surface area contributed by atoms with Crippen LogP contribution in [0, 0.1) is 6.92 Å². The molecule has 0 bridgehead atoms. The number of nitrogens with zero attached hydrogens (tertiary/aromatic N) is 1. The van der Waals surface area contributed by atoms with Gasteiger partial charge in [0, 0.05) is 12.2 Å². The number of aryl methyl sites for hydroxylation is 2. The van der Waals surface area contributed by atoms with E-state index in [0.29, 0.717) is 6.54 Å². The number of carbonyl (C=O) groups is 2. The van der Waals surface area contributed by atoms with Crippen molar-refractivity contribution in [2.75, 3.05) is 25.0 Å². The van der Waals surface area contributed by atoms with Crippen molar-refractivity contribution in [1.82, 2.24) is 4.90 Å². The molecule has 0 unspecified atom stereocenters. The Kier molecular flexibility index (Phi) is 6.62. The molecule has 2 N–H and O–H groups in total. The van der Waals surface area contributed by atoms with Crippen LogP contribution in [0.4, 0.5) is 5.69 Å². The summed E-state index contributed by atoms with van der Waals surface area (Å²) in [6.45, 7) is 7.73. The number of carboxylic acid groups (broad SMARTS) is 1. The third-order valence-corrected chi connectivity index (χ3v) is 3.12. The topological polar surface area (TPSA) is 69.6 Å². The van der Waals surface area contributed by atoms with Crippen LogP contribution in [0.5, 0.6) is 0 Å². The molecule has 0 heterocycles. The summed E-state index contributed by atoms with van der Waals surface area (Å²) in [5.74, 6) is -1.18. The molecule has 21 heavy (non-hydrogen) atoms. The maximum Gasteiger partial charge on any atom is 0.317 e. The molecular weight excluding hydrogens is 268 g/mol. The van der Waals surface area contributed by atoms with Crippen LogP contribution < -0.4 is 5.32 Å². The molecule has 1 rings (SSSR count). The van der Waals surface area contributed by atoms with E-state index in [9.17, 15) is 9.59 Å². The van der Waals surface area contributed by atoms with Crippen LogP contribution in [0.2, 0.25) is 0 Å². The molecule has 1 amide bonds. The van der Waals surface area contributed by atoms with Crippen molar-refractivity contribution in [3.63, 3.8) is 0 Å². The second-order valence-corrected chi connectivity index (χ2v) is 4.86. The van der Waals surface area contributed by atoms with Gasteiger partial charge in [0.05, 0.1) is 13.1 Å². The van der Waals surface area contributed by atoms with Crippen molar-refractivity contribution in [2.24, 2.45) is 0 Å². The molecule has 1 aromatic carbocycles. The van der Waals surface area contributed by atoms with E-state index < -0.39 is 5.97 Å². The van der Waals surface area contributed by atoms with Gasteiger partial charge in [-0.2, -0.15) is 0 Å². The molecule has 1 aromatic rings. The Hall–Kier alpha value is -2.14. The number of aliphatic carboxylic acids is 1. The first kappa shape index (κ1) is 16.9. The minimum absolute atomic E-state index is 0.0236. The van der Waals surface area contributed by atoms with Crippen LogP contribution >= 0.6 is 0 Å². The average Bonchev–Trinajstić information content (AvgIpc) is 2.40. The molecule has 114 valence electrons. The second kappa shape index (κ2) is 8.21. The van der Waals surface area contributed by atoms with Gasteiger partial charge in [0.2, 0.25) is 5.91 Å². The molecule has 0 spiro atoms. The smallest absolute Gasteiger partial charge is 0.317 e. The lowest BCUT2D eigenvalue weighted by Gasteiger charge is -2.19. The van der Waals surface area contributed by atoms with Crippen LogP contribution in [0.3, 0.4) is 0 Å². The van der Waals surface area contributed by atoms with E-state index in [2.05, 4.69) is 11.9 Å². The van der Waals surface area contributed by atoms with Gasteiger partial charge in [0.25, 0.3) is 0 Å². The summed E-state index contributed by atoms with van der Waals surface area (Å²) < 4.78 is 0. The lowest BCUT2D eigenvalue weighted by molar-refractivity contribution is -0.138. The largest absolute Gasteiger partial charge is 0.480 e. The van der Waals surface area contributed by atoms with Gasteiger partial charge < -0.3 is 10.4 Å². The van der Waals surface area contributed by atoms with Crippen molar-refractivity contribution < 1.29 is 14.7 Å². The number of amides is 1. The monoisotopic (exact) mass is 290 g/mol. The van der Waals surface area contributed by atoms with Crippen LogP contribution in [0.15, 0.2) is 30.9 Å². The van der Waals surface area contributed by atoms with Crippen molar-refractivity contribution in [3.8, 4) is 0 Å². The van der Waals surface area contributed by atoms with Gasteiger partial charge in [0.15, 0.2) is 0 Å². The minimum Gasteiger partial charge on any atom is -0.480 e. The molecule has 0 saturated heterocycles. The molecule has 5 heteroatoms. The first-order valence-electron chi connectivity index (χ1n) is 6.91. The molecule has 0 aliphatic heterocycles. The SMILES string of the molecule is C=CCN(CC(=O)O)CC(=O)Nc1c(C)cccc1CC. The number of carbonyl (C=O) groups excluding carboxylic acids is 1. The lowest BCUT2D eigenvalue weighted by Crippen LogP contribution is -2.37. The summed E-state index contributed by atoms with van der Waals surface area (Å²) >= 11 is 0. The second-order valence-electron chi connectivity index (χ2n) is 4.86. The molecular formula is C16H22N2O3. The fourth-order valence-corrected chi connectivity index (χ4v) is 2.14. The zero-order chi connectivity index (χ0) is 15.8. The first-order valence-corrected chi connectivity index (χ1v) is 6.91. The Morgan fingerprint density at radius 3 is 2.67 bits per heavy atom. The van der Waals surface area contributed by atoms with Crippen LogP contribution in [-0.2, 0) is 16.0 Å². The van der Waals surface area contributed by atoms with E-state index in [1.807, 2.05) is 32.0 Å². The fraction of sp³-hybridized carbons (Fsp3) is 0.375. The summed E-state index contributed by atoms with van der Waals surface area (Å²) in [5, 5.41) is 11.7. The molecule has 0 atom stereocenters. The molecule has 5 nitrogen and oxygen atoms in total. The molecule has 0 radical (unpaired) electrons. The van der Waals surface area contributed by atoms with Crippen LogP contribution in [-0.4, -0.2) is 41.5 Å². The van der Waals surface area contributed by atoms with Gasteiger partial charge in [-0.15, -0.1) is 6.58 Å². The highest BCUT2D eigenvalue weighted by Crippen LogP contribution is 2.20. The van der Waals surface area contributed by atoms with Gasteiger partial charge in [-0.3, -0.25) is 14.5 Å². The Morgan fingerprint density at radius 2 is 2.10 bits per heavy atom. The van der Waals surface area contributed by atoms with Gasteiger partial charge in [0.1, 0.15) is 0 Å². The van der Waals surface area contributed by atoms with E-state index in [4.69, 9.17) is 5.11 Å². The summed E-state index contributed by atoms with van der Waals surface area (Å²) in [4.78, 5) is 24.4. The number of hydrogen-bond acceptors (Lipinski definition) is 3. The number of para-hydroxylation sites is 1. The summed E-state index contributed by atoms with van der Waals surface area (Å²) in [6, 6.07) is 5.87. The number of nitrogens with one attached hydrogen (secondary N) is 1. The fourth-order valence-electron chi connectivity index (χ4n) is 2.14. The molecule has 0 saturated carbocycles. The summed E-state index contributed by atoms with van der Waals surface area (Å²) in [6.07, 6.45) is 2.41. The Labute approximate surface area is 125 Å². The minimum atomic E-state index is -0.963. The molecule has 0 aromatic heterocycles. The first-order chi connectivity index (χ1) is 9.97. The Bertz CT molecular complexity index is 526. The van der Waals surface area contributed by atoms with Gasteiger partial charge in [-0.05, 0) is 24.5 Å². The molecule has 0 fully saturated rings. The quantitative estimate of drug-likeness (QED) is 0.719. The maximum absolute atomic E-state index is 12.1. The van der Waals surface area contributed by atoms with Gasteiger partial charge in [-0.25, -0.2) is 0 Å². The van der Waals surface area contributed by atoms with Crippen molar-refractivity contribution >= 4 is 17.6 Å². The summed E-state index contributed by atoms with van der Waals surface area (Å²) in [5.41, 5.74) is 2.88. The van der Waals surface area contributed by atoms with Crippen molar-refractivity contribution in [1.29, 1.82) is 0 Å². The summed E-state index contributed by atoms with van der Waals surface area (Å²) in [7, 11) is 0. The van der Waals surface area contributed by atoms with E-state index in [1.54, 1.807) is 6.08 Å².